The number of aromatic hydroxyl groups is 1. The Hall–Kier alpha value is -3.94. The van der Waals surface area contributed by atoms with Crippen molar-refractivity contribution < 1.29 is 9.50 Å². The molecule has 0 saturated carbocycles. The van der Waals surface area contributed by atoms with Crippen LogP contribution in [0.25, 0.3) is 10.9 Å². The second-order valence-corrected chi connectivity index (χ2v) is 7.82. The van der Waals surface area contributed by atoms with Gasteiger partial charge in [0.15, 0.2) is 5.88 Å². The Morgan fingerprint density at radius 3 is 2.66 bits per heavy atom. The minimum absolute atomic E-state index is 0.0520. The molecule has 3 heterocycles. The van der Waals surface area contributed by atoms with E-state index in [-0.39, 0.29) is 11.7 Å². The van der Waals surface area contributed by atoms with Gasteiger partial charge in [-0.3, -0.25) is 9.98 Å². The molecule has 2 aromatic heterocycles. The van der Waals surface area contributed by atoms with Crippen molar-refractivity contribution in [2.24, 2.45) is 4.99 Å². The van der Waals surface area contributed by atoms with Crippen molar-refractivity contribution in [3.05, 3.63) is 71.9 Å². The predicted octanol–water partition coefficient (Wildman–Crippen LogP) is 4.19. The van der Waals surface area contributed by atoms with Gasteiger partial charge < -0.3 is 19.9 Å². The Kier molecular flexibility index (Phi) is 5.18. The molecule has 0 aliphatic carbocycles. The summed E-state index contributed by atoms with van der Waals surface area (Å²) in [5.74, 6) is 0.580. The minimum atomic E-state index is -0.313. The van der Waals surface area contributed by atoms with Gasteiger partial charge in [0.2, 0.25) is 0 Å². The fourth-order valence-electron chi connectivity index (χ4n) is 4.17. The maximum Gasteiger partial charge on any atom is 0.198 e. The molecule has 162 valence electrons. The van der Waals surface area contributed by atoms with E-state index >= 15 is 0 Å². The first-order chi connectivity index (χ1) is 15.6. The fourth-order valence-corrected chi connectivity index (χ4v) is 4.17. The molecule has 1 saturated heterocycles. The van der Waals surface area contributed by atoms with Gasteiger partial charge in [-0.15, -0.1) is 0 Å². The Labute approximate surface area is 184 Å². The predicted molar refractivity (Wildman–Crippen MR) is 125 cm³/mol. The molecular formula is C24H23FN6O. The van der Waals surface area contributed by atoms with Crippen LogP contribution in [0.2, 0.25) is 0 Å². The molecule has 8 heteroatoms. The van der Waals surface area contributed by atoms with Crippen LogP contribution in [0.5, 0.6) is 5.88 Å². The van der Waals surface area contributed by atoms with Gasteiger partial charge >= 0.3 is 0 Å². The maximum absolute atomic E-state index is 14.9. The summed E-state index contributed by atoms with van der Waals surface area (Å²) in [6.45, 7) is 4.86. The first-order valence-electron chi connectivity index (χ1n) is 10.5. The summed E-state index contributed by atoms with van der Waals surface area (Å²) in [7, 11) is 0. The average molecular weight is 430 g/mol. The molecule has 0 radical (unpaired) electrons. The third-order valence-corrected chi connectivity index (χ3v) is 5.82. The number of nitrogens with zero attached hydrogens (tertiary/aromatic N) is 5. The third-order valence-electron chi connectivity index (χ3n) is 5.82. The minimum Gasteiger partial charge on any atom is -0.494 e. The lowest BCUT2D eigenvalue weighted by Gasteiger charge is -2.36. The van der Waals surface area contributed by atoms with E-state index in [0.29, 0.717) is 30.0 Å². The number of fused-ring (bicyclic) bond motifs is 1. The molecule has 1 fully saturated rings. The Morgan fingerprint density at radius 1 is 1.09 bits per heavy atom. The molecule has 5 rings (SSSR count). The lowest BCUT2D eigenvalue weighted by atomic mass is 10.1. The zero-order chi connectivity index (χ0) is 22.1. The standard InChI is InChI=1S/C24H23FN6O/c1-16-3-2-4-20-23(16)18(24(32)29-20)14-28-17-5-6-21(19(25)13-17)30-9-11-31(12-10-30)22-15-26-7-8-27-22/h2-8,13-15,29,32H,9-12H2,1H3. The second kappa shape index (κ2) is 8.30. The van der Waals surface area contributed by atoms with Crippen molar-refractivity contribution >= 4 is 34.3 Å². The molecule has 32 heavy (non-hydrogen) atoms. The summed E-state index contributed by atoms with van der Waals surface area (Å²) >= 11 is 0. The SMILES string of the molecule is Cc1cccc2[nH]c(O)c(C=Nc3ccc(N4CCN(c5cnccn5)CC4)c(F)c3)c12. The first kappa shape index (κ1) is 20.0. The lowest BCUT2D eigenvalue weighted by molar-refractivity contribution is 0.457. The zero-order valence-electron chi connectivity index (χ0n) is 17.7. The number of hydrogen-bond acceptors (Lipinski definition) is 6. The smallest absolute Gasteiger partial charge is 0.198 e. The molecule has 0 amide bonds. The van der Waals surface area contributed by atoms with Gasteiger partial charge in [-0.1, -0.05) is 12.1 Å². The summed E-state index contributed by atoms with van der Waals surface area (Å²) in [4.78, 5) is 20.0. The van der Waals surface area contributed by atoms with E-state index in [1.165, 1.54) is 6.07 Å². The molecule has 2 N–H and O–H groups in total. The van der Waals surface area contributed by atoms with Crippen LogP contribution in [0.3, 0.4) is 0 Å². The van der Waals surface area contributed by atoms with Gasteiger partial charge in [-0.05, 0) is 30.7 Å². The number of aryl methyl sites for hydroxylation is 1. The van der Waals surface area contributed by atoms with Gasteiger partial charge in [-0.25, -0.2) is 9.37 Å². The summed E-state index contributed by atoms with van der Waals surface area (Å²) in [5, 5.41) is 11.2. The van der Waals surface area contributed by atoms with Crippen LogP contribution < -0.4 is 9.80 Å². The van der Waals surface area contributed by atoms with Gasteiger partial charge in [-0.2, -0.15) is 0 Å². The van der Waals surface area contributed by atoms with E-state index in [1.54, 1.807) is 36.9 Å². The van der Waals surface area contributed by atoms with Crippen LogP contribution in [-0.2, 0) is 0 Å². The van der Waals surface area contributed by atoms with Gasteiger partial charge in [0.05, 0.1) is 23.1 Å². The number of aliphatic imine (C=N–C) groups is 1. The molecule has 0 spiro atoms. The van der Waals surface area contributed by atoms with Gasteiger partial charge in [0.1, 0.15) is 11.6 Å². The number of rotatable bonds is 4. The highest BCUT2D eigenvalue weighted by atomic mass is 19.1. The monoisotopic (exact) mass is 430 g/mol. The first-order valence-corrected chi connectivity index (χ1v) is 10.5. The number of aromatic nitrogens is 3. The molecular weight excluding hydrogens is 407 g/mol. The normalized spacial score (nSPS) is 14.6. The zero-order valence-corrected chi connectivity index (χ0v) is 17.7. The van der Waals surface area contributed by atoms with Gasteiger partial charge in [0, 0.05) is 61.8 Å². The Bertz CT molecular complexity index is 1280. The highest BCUT2D eigenvalue weighted by Gasteiger charge is 2.20. The molecule has 0 bridgehead atoms. The number of H-pyrrole nitrogens is 1. The largest absolute Gasteiger partial charge is 0.494 e. The summed E-state index contributed by atoms with van der Waals surface area (Å²) in [5.41, 5.74) is 3.52. The third kappa shape index (κ3) is 3.75. The number of nitrogens with one attached hydrogen (secondary N) is 1. The van der Waals surface area contributed by atoms with Gasteiger partial charge in [0.25, 0.3) is 0 Å². The molecule has 1 aliphatic rings. The van der Waals surface area contributed by atoms with Crippen LogP contribution in [0.15, 0.2) is 60.0 Å². The molecule has 7 nitrogen and oxygen atoms in total. The van der Waals surface area contributed by atoms with Crippen molar-refractivity contribution in [1.82, 2.24) is 15.0 Å². The van der Waals surface area contributed by atoms with E-state index < -0.39 is 0 Å². The fraction of sp³-hybridized carbons (Fsp3) is 0.208. The van der Waals surface area contributed by atoms with E-state index in [0.717, 1.165) is 35.4 Å². The van der Waals surface area contributed by atoms with Crippen LogP contribution in [0, 0.1) is 12.7 Å². The molecule has 4 aromatic rings. The van der Waals surface area contributed by atoms with Crippen molar-refractivity contribution in [3.63, 3.8) is 0 Å². The number of benzene rings is 2. The molecule has 1 aliphatic heterocycles. The van der Waals surface area contributed by atoms with E-state index in [9.17, 15) is 9.50 Å². The number of aromatic amines is 1. The van der Waals surface area contributed by atoms with Crippen molar-refractivity contribution in [2.45, 2.75) is 6.92 Å². The van der Waals surface area contributed by atoms with E-state index in [1.807, 2.05) is 30.0 Å². The quantitative estimate of drug-likeness (QED) is 0.475. The number of anilines is 2. The van der Waals surface area contributed by atoms with Crippen molar-refractivity contribution in [3.8, 4) is 5.88 Å². The number of halogens is 1. The maximum atomic E-state index is 14.9. The molecule has 0 unspecified atom stereocenters. The van der Waals surface area contributed by atoms with Crippen LogP contribution >= 0.6 is 0 Å². The Balaban J connectivity index is 1.32. The number of piperazine rings is 1. The van der Waals surface area contributed by atoms with E-state index in [2.05, 4.69) is 24.8 Å². The average Bonchev–Trinajstić information content (AvgIpc) is 3.15. The summed E-state index contributed by atoms with van der Waals surface area (Å²) < 4.78 is 14.9. The second-order valence-electron chi connectivity index (χ2n) is 7.82. The van der Waals surface area contributed by atoms with Crippen molar-refractivity contribution in [1.29, 1.82) is 0 Å². The van der Waals surface area contributed by atoms with Crippen molar-refractivity contribution in [2.75, 3.05) is 36.0 Å². The molecule has 2 aromatic carbocycles. The lowest BCUT2D eigenvalue weighted by Crippen LogP contribution is -2.47. The topological polar surface area (TPSA) is 80.6 Å². The molecule has 0 atom stereocenters. The Morgan fingerprint density at radius 2 is 1.91 bits per heavy atom. The highest BCUT2D eigenvalue weighted by molar-refractivity contribution is 6.04. The highest BCUT2D eigenvalue weighted by Crippen LogP contribution is 2.30. The summed E-state index contributed by atoms with van der Waals surface area (Å²) in [6.07, 6.45) is 6.66. The van der Waals surface area contributed by atoms with E-state index in [4.69, 9.17) is 0 Å². The van der Waals surface area contributed by atoms with Crippen LogP contribution in [0.1, 0.15) is 11.1 Å². The van der Waals surface area contributed by atoms with Crippen LogP contribution in [0.4, 0.5) is 21.6 Å². The summed E-state index contributed by atoms with van der Waals surface area (Å²) in [6, 6.07) is 10.8. The van der Waals surface area contributed by atoms with Crippen LogP contribution in [-0.4, -0.2) is 52.5 Å². The number of hydrogen-bond donors (Lipinski definition) is 2.